The van der Waals surface area contributed by atoms with E-state index in [4.69, 9.17) is 0 Å². The highest BCUT2D eigenvalue weighted by atomic mass is 16.3. The number of carbonyl (C=O) groups excluding carboxylic acids is 2. The Morgan fingerprint density at radius 3 is 2.52 bits per heavy atom. The summed E-state index contributed by atoms with van der Waals surface area (Å²) in [5, 5.41) is 13.6. The summed E-state index contributed by atoms with van der Waals surface area (Å²) in [6, 6.07) is 20.1. The highest BCUT2D eigenvalue weighted by Crippen LogP contribution is 2.28. The van der Waals surface area contributed by atoms with E-state index in [1.165, 1.54) is 30.7 Å². The first-order valence-corrected chi connectivity index (χ1v) is 9.26. The van der Waals surface area contributed by atoms with Crippen molar-refractivity contribution in [3.63, 3.8) is 0 Å². The first-order chi connectivity index (χ1) is 13.9. The number of aromatic hydroxyl groups is 1. The second-order valence-corrected chi connectivity index (χ2v) is 7.04. The summed E-state index contributed by atoms with van der Waals surface area (Å²) in [6.07, 6.45) is 0. The van der Waals surface area contributed by atoms with E-state index in [1.54, 1.807) is 0 Å². The van der Waals surface area contributed by atoms with Crippen molar-refractivity contribution in [2.75, 3.05) is 5.32 Å². The Labute approximate surface area is 168 Å². The number of phenolic OH excluding ortho intramolecular Hbond substituents is 1. The maximum absolute atomic E-state index is 12.6. The van der Waals surface area contributed by atoms with Crippen molar-refractivity contribution in [3.8, 4) is 17.0 Å². The first kappa shape index (κ1) is 18.5. The van der Waals surface area contributed by atoms with Gasteiger partial charge in [0.15, 0.2) is 5.78 Å². The molecular formula is C24H20N2O3. The molecule has 29 heavy (non-hydrogen) atoms. The standard InChI is InChI=1S/C24H20N2O3/c1-14-5-3-4-6-19(14)22-12-16-7-9-18(13-21(16)26-22)25-24(29)17-8-10-23(28)20(11-17)15(2)27/h3-13,26,28H,1-2H3,(H,25,29). The summed E-state index contributed by atoms with van der Waals surface area (Å²) < 4.78 is 0. The molecule has 0 unspecified atom stereocenters. The van der Waals surface area contributed by atoms with Gasteiger partial charge in [0.05, 0.1) is 5.56 Å². The number of nitrogens with one attached hydrogen (secondary N) is 2. The van der Waals surface area contributed by atoms with Gasteiger partial charge >= 0.3 is 0 Å². The molecule has 5 nitrogen and oxygen atoms in total. The molecule has 4 aromatic rings. The second kappa shape index (κ2) is 7.28. The molecule has 0 saturated heterocycles. The summed E-state index contributed by atoms with van der Waals surface area (Å²) in [5.41, 5.74) is 5.32. The summed E-state index contributed by atoms with van der Waals surface area (Å²) in [4.78, 5) is 27.6. The number of fused-ring (bicyclic) bond motifs is 1. The van der Waals surface area contributed by atoms with E-state index in [2.05, 4.69) is 35.4 Å². The number of anilines is 1. The lowest BCUT2D eigenvalue weighted by molar-refractivity contribution is 0.101. The van der Waals surface area contributed by atoms with Gasteiger partial charge in [-0.1, -0.05) is 30.3 Å². The Hall–Kier alpha value is -3.86. The molecule has 0 atom stereocenters. The van der Waals surface area contributed by atoms with Crippen molar-refractivity contribution in [3.05, 3.63) is 83.4 Å². The zero-order chi connectivity index (χ0) is 20.5. The number of hydrogen-bond donors (Lipinski definition) is 3. The van der Waals surface area contributed by atoms with E-state index in [1.807, 2.05) is 30.3 Å². The molecule has 0 bridgehead atoms. The minimum absolute atomic E-state index is 0.125. The highest BCUT2D eigenvalue weighted by molar-refractivity contribution is 6.07. The van der Waals surface area contributed by atoms with E-state index in [0.717, 1.165) is 22.2 Å². The van der Waals surface area contributed by atoms with E-state index in [0.29, 0.717) is 11.3 Å². The van der Waals surface area contributed by atoms with Crippen molar-refractivity contribution in [1.82, 2.24) is 4.98 Å². The van der Waals surface area contributed by atoms with E-state index in [-0.39, 0.29) is 23.0 Å². The Bertz CT molecular complexity index is 1250. The van der Waals surface area contributed by atoms with Gasteiger partial charge in [-0.05, 0) is 55.8 Å². The molecule has 4 rings (SSSR count). The fourth-order valence-electron chi connectivity index (χ4n) is 3.39. The largest absolute Gasteiger partial charge is 0.507 e. The van der Waals surface area contributed by atoms with Gasteiger partial charge in [-0.25, -0.2) is 0 Å². The Kier molecular flexibility index (Phi) is 4.64. The summed E-state index contributed by atoms with van der Waals surface area (Å²) in [6.45, 7) is 3.42. The van der Waals surface area contributed by atoms with Gasteiger partial charge in [-0.3, -0.25) is 9.59 Å². The molecule has 0 fully saturated rings. The number of amides is 1. The molecule has 1 aromatic heterocycles. The number of aromatic amines is 1. The van der Waals surface area contributed by atoms with Crippen LogP contribution in [0.25, 0.3) is 22.2 Å². The van der Waals surface area contributed by atoms with Crippen molar-refractivity contribution in [2.24, 2.45) is 0 Å². The quantitative estimate of drug-likeness (QED) is 0.417. The van der Waals surface area contributed by atoms with Crippen LogP contribution in [-0.2, 0) is 0 Å². The number of phenols is 1. The molecule has 1 heterocycles. The van der Waals surface area contributed by atoms with Crippen molar-refractivity contribution >= 4 is 28.3 Å². The monoisotopic (exact) mass is 384 g/mol. The van der Waals surface area contributed by atoms with Gasteiger partial charge < -0.3 is 15.4 Å². The minimum atomic E-state index is -0.350. The van der Waals surface area contributed by atoms with Crippen molar-refractivity contribution < 1.29 is 14.7 Å². The third-order valence-electron chi connectivity index (χ3n) is 4.95. The highest BCUT2D eigenvalue weighted by Gasteiger charge is 2.13. The van der Waals surface area contributed by atoms with Crippen molar-refractivity contribution in [1.29, 1.82) is 0 Å². The number of benzene rings is 3. The SMILES string of the molecule is CC(=O)c1cc(C(=O)Nc2ccc3cc(-c4ccccc4C)[nH]c3c2)ccc1O. The number of H-pyrrole nitrogens is 1. The third-order valence-corrected chi connectivity index (χ3v) is 4.95. The van der Waals surface area contributed by atoms with Crippen LogP contribution in [-0.4, -0.2) is 21.8 Å². The lowest BCUT2D eigenvalue weighted by atomic mass is 10.1. The average Bonchev–Trinajstić information content (AvgIpc) is 3.11. The normalized spacial score (nSPS) is 10.8. The van der Waals surface area contributed by atoms with Crippen LogP contribution in [0.4, 0.5) is 5.69 Å². The topological polar surface area (TPSA) is 82.2 Å². The second-order valence-electron chi connectivity index (χ2n) is 7.04. The lowest BCUT2D eigenvalue weighted by Crippen LogP contribution is -2.12. The molecule has 1 amide bonds. The first-order valence-electron chi connectivity index (χ1n) is 9.26. The van der Waals surface area contributed by atoms with E-state index < -0.39 is 0 Å². The molecule has 0 aliphatic rings. The third kappa shape index (κ3) is 3.62. The summed E-state index contributed by atoms with van der Waals surface area (Å²) in [5.74, 6) is -0.781. The molecule has 0 radical (unpaired) electrons. The molecule has 0 aliphatic heterocycles. The Morgan fingerprint density at radius 2 is 1.76 bits per heavy atom. The molecule has 0 spiro atoms. The number of aryl methyl sites for hydroxylation is 1. The fourth-order valence-corrected chi connectivity index (χ4v) is 3.39. The molecule has 144 valence electrons. The maximum atomic E-state index is 12.6. The zero-order valence-corrected chi connectivity index (χ0v) is 16.1. The Morgan fingerprint density at radius 1 is 0.966 bits per heavy atom. The number of carbonyl (C=O) groups is 2. The zero-order valence-electron chi connectivity index (χ0n) is 16.1. The van der Waals surface area contributed by atoms with Gasteiger partial charge in [-0.15, -0.1) is 0 Å². The van der Waals surface area contributed by atoms with Crippen LogP contribution < -0.4 is 5.32 Å². The van der Waals surface area contributed by atoms with Crippen LogP contribution in [0, 0.1) is 6.92 Å². The predicted molar refractivity (Wildman–Crippen MR) is 115 cm³/mol. The van der Waals surface area contributed by atoms with Crippen LogP contribution >= 0.6 is 0 Å². The number of aromatic nitrogens is 1. The van der Waals surface area contributed by atoms with Gasteiger partial charge in [0.1, 0.15) is 5.75 Å². The molecule has 0 aliphatic carbocycles. The number of Topliss-reactive ketones (excluding diaryl/α,β-unsaturated/α-hetero) is 1. The number of ketones is 1. The van der Waals surface area contributed by atoms with Gasteiger partial charge in [0.25, 0.3) is 5.91 Å². The van der Waals surface area contributed by atoms with Gasteiger partial charge in [0.2, 0.25) is 0 Å². The van der Waals surface area contributed by atoms with Crippen LogP contribution in [0.5, 0.6) is 5.75 Å². The van der Waals surface area contributed by atoms with Crippen molar-refractivity contribution in [2.45, 2.75) is 13.8 Å². The maximum Gasteiger partial charge on any atom is 0.255 e. The van der Waals surface area contributed by atoms with Crippen LogP contribution in [0.2, 0.25) is 0 Å². The number of rotatable bonds is 4. The minimum Gasteiger partial charge on any atom is -0.507 e. The van der Waals surface area contributed by atoms with Crippen LogP contribution in [0.3, 0.4) is 0 Å². The predicted octanol–water partition coefficient (Wildman–Crippen LogP) is 5.30. The fraction of sp³-hybridized carbons (Fsp3) is 0.0833. The number of hydrogen-bond acceptors (Lipinski definition) is 3. The van der Waals surface area contributed by atoms with Gasteiger partial charge in [-0.2, -0.15) is 0 Å². The molecule has 3 N–H and O–H groups in total. The van der Waals surface area contributed by atoms with E-state index >= 15 is 0 Å². The average molecular weight is 384 g/mol. The molecular weight excluding hydrogens is 364 g/mol. The summed E-state index contributed by atoms with van der Waals surface area (Å²) in [7, 11) is 0. The molecule has 5 heteroatoms. The summed E-state index contributed by atoms with van der Waals surface area (Å²) >= 11 is 0. The molecule has 3 aromatic carbocycles. The smallest absolute Gasteiger partial charge is 0.255 e. The molecule has 0 saturated carbocycles. The van der Waals surface area contributed by atoms with Gasteiger partial charge in [0, 0.05) is 33.4 Å². The Balaban J connectivity index is 1.62. The van der Waals surface area contributed by atoms with Crippen LogP contribution in [0.15, 0.2) is 66.7 Å². The van der Waals surface area contributed by atoms with Crippen LogP contribution in [0.1, 0.15) is 33.2 Å². The lowest BCUT2D eigenvalue weighted by Gasteiger charge is -2.07. The van der Waals surface area contributed by atoms with E-state index in [9.17, 15) is 14.7 Å².